The van der Waals surface area contributed by atoms with Crippen LogP contribution in [0.4, 0.5) is 11.4 Å². The second-order valence-electron chi connectivity index (χ2n) is 7.38. The van der Waals surface area contributed by atoms with Gasteiger partial charge in [-0.1, -0.05) is 30.3 Å². The van der Waals surface area contributed by atoms with Crippen LogP contribution in [0, 0.1) is 13.8 Å². The molecule has 0 radical (unpaired) electrons. The standard InChI is InChI=1S/C24H26N2O4S/c1-17-9-8-12-23(18(17)2)25-24(27)19(3)26(31(4,28)29)20-13-15-22(16-14-20)30-21-10-6-5-7-11-21/h5-16,19H,1-4H3,(H,25,27)/t19-/m1/s1. The number of nitrogens with zero attached hydrogens (tertiary/aromatic N) is 1. The molecule has 31 heavy (non-hydrogen) atoms. The number of amides is 1. The SMILES string of the molecule is Cc1cccc(NC(=O)[C@@H](C)N(c2ccc(Oc3ccccc3)cc2)S(C)(=O)=O)c1C. The van der Waals surface area contributed by atoms with E-state index in [1.165, 1.54) is 0 Å². The van der Waals surface area contributed by atoms with Gasteiger partial charge in [0.25, 0.3) is 0 Å². The van der Waals surface area contributed by atoms with Gasteiger partial charge in [0.15, 0.2) is 0 Å². The second-order valence-corrected chi connectivity index (χ2v) is 9.24. The van der Waals surface area contributed by atoms with Crippen molar-refractivity contribution in [1.82, 2.24) is 0 Å². The number of anilines is 2. The molecule has 0 aromatic heterocycles. The summed E-state index contributed by atoms with van der Waals surface area (Å²) in [5.74, 6) is 0.830. The number of ether oxygens (including phenoxy) is 1. The lowest BCUT2D eigenvalue weighted by Gasteiger charge is -2.28. The highest BCUT2D eigenvalue weighted by atomic mass is 32.2. The van der Waals surface area contributed by atoms with E-state index in [1.54, 1.807) is 37.3 Å². The average molecular weight is 439 g/mol. The monoisotopic (exact) mass is 438 g/mol. The first-order chi connectivity index (χ1) is 14.7. The number of carbonyl (C=O) groups is 1. The summed E-state index contributed by atoms with van der Waals surface area (Å²) in [5.41, 5.74) is 3.03. The summed E-state index contributed by atoms with van der Waals surface area (Å²) in [4.78, 5) is 12.9. The first-order valence-corrected chi connectivity index (χ1v) is 11.7. The highest BCUT2D eigenvalue weighted by Crippen LogP contribution is 2.27. The van der Waals surface area contributed by atoms with E-state index in [-0.39, 0.29) is 0 Å². The topological polar surface area (TPSA) is 75.7 Å². The molecule has 1 N–H and O–H groups in total. The van der Waals surface area contributed by atoms with Crippen LogP contribution in [0.2, 0.25) is 0 Å². The van der Waals surface area contributed by atoms with Crippen molar-refractivity contribution in [2.75, 3.05) is 15.9 Å². The van der Waals surface area contributed by atoms with Crippen LogP contribution in [0.5, 0.6) is 11.5 Å². The summed E-state index contributed by atoms with van der Waals surface area (Å²) in [7, 11) is -3.71. The van der Waals surface area contributed by atoms with E-state index < -0.39 is 22.0 Å². The number of benzene rings is 3. The van der Waals surface area contributed by atoms with Crippen molar-refractivity contribution in [3.8, 4) is 11.5 Å². The minimum atomic E-state index is -3.71. The minimum absolute atomic E-state index is 0.381. The molecule has 3 aromatic carbocycles. The third-order valence-electron chi connectivity index (χ3n) is 5.02. The zero-order valence-electron chi connectivity index (χ0n) is 18.0. The lowest BCUT2D eigenvalue weighted by Crippen LogP contribution is -2.45. The molecule has 0 aliphatic carbocycles. The van der Waals surface area contributed by atoms with E-state index in [0.717, 1.165) is 21.7 Å². The second kappa shape index (κ2) is 9.22. The number of aryl methyl sites for hydroxylation is 1. The van der Waals surface area contributed by atoms with E-state index in [1.807, 2.05) is 56.3 Å². The predicted octanol–water partition coefficient (Wildman–Crippen LogP) is 4.89. The van der Waals surface area contributed by atoms with E-state index >= 15 is 0 Å². The zero-order valence-corrected chi connectivity index (χ0v) is 18.8. The molecule has 162 valence electrons. The van der Waals surface area contributed by atoms with Gasteiger partial charge in [-0.3, -0.25) is 9.10 Å². The molecule has 0 spiro atoms. The lowest BCUT2D eigenvalue weighted by molar-refractivity contribution is -0.116. The highest BCUT2D eigenvalue weighted by Gasteiger charge is 2.29. The van der Waals surface area contributed by atoms with Gasteiger partial charge in [0.2, 0.25) is 15.9 Å². The molecular weight excluding hydrogens is 412 g/mol. The van der Waals surface area contributed by atoms with E-state index in [2.05, 4.69) is 5.32 Å². The maximum atomic E-state index is 12.9. The molecule has 7 heteroatoms. The molecule has 0 saturated heterocycles. The number of rotatable bonds is 7. The Kier molecular flexibility index (Phi) is 6.65. The Balaban J connectivity index is 1.82. The van der Waals surface area contributed by atoms with Crippen LogP contribution in [-0.4, -0.2) is 26.6 Å². The molecule has 0 unspecified atom stereocenters. The molecule has 1 amide bonds. The Morgan fingerprint density at radius 1 is 0.903 bits per heavy atom. The number of nitrogens with one attached hydrogen (secondary N) is 1. The normalized spacial score (nSPS) is 12.1. The van der Waals surface area contributed by atoms with Gasteiger partial charge in [-0.2, -0.15) is 0 Å². The Bertz CT molecular complexity index is 1160. The highest BCUT2D eigenvalue weighted by molar-refractivity contribution is 7.92. The van der Waals surface area contributed by atoms with Crippen molar-refractivity contribution in [3.05, 3.63) is 83.9 Å². The molecular formula is C24H26N2O4S. The predicted molar refractivity (Wildman–Crippen MR) is 124 cm³/mol. The van der Waals surface area contributed by atoms with Crippen LogP contribution in [0.15, 0.2) is 72.8 Å². The summed E-state index contributed by atoms with van der Waals surface area (Å²) in [6.45, 7) is 5.43. The van der Waals surface area contributed by atoms with Crippen molar-refractivity contribution in [1.29, 1.82) is 0 Å². The summed E-state index contributed by atoms with van der Waals surface area (Å²) < 4.78 is 32.0. The smallest absolute Gasteiger partial charge is 0.248 e. The molecule has 0 aliphatic heterocycles. The van der Waals surface area contributed by atoms with Crippen LogP contribution < -0.4 is 14.4 Å². The van der Waals surface area contributed by atoms with Crippen LogP contribution in [0.1, 0.15) is 18.1 Å². The van der Waals surface area contributed by atoms with Gasteiger partial charge in [0.1, 0.15) is 17.5 Å². The maximum Gasteiger partial charge on any atom is 0.248 e. The van der Waals surface area contributed by atoms with Crippen molar-refractivity contribution in [3.63, 3.8) is 0 Å². The quantitative estimate of drug-likeness (QED) is 0.570. The van der Waals surface area contributed by atoms with Gasteiger partial charge in [0, 0.05) is 5.69 Å². The van der Waals surface area contributed by atoms with Crippen LogP contribution >= 0.6 is 0 Å². The Morgan fingerprint density at radius 2 is 1.52 bits per heavy atom. The summed E-state index contributed by atoms with van der Waals surface area (Å²) >= 11 is 0. The van der Waals surface area contributed by atoms with Crippen molar-refractivity contribution in [2.45, 2.75) is 26.8 Å². The molecule has 6 nitrogen and oxygen atoms in total. The van der Waals surface area contributed by atoms with Gasteiger partial charge in [-0.25, -0.2) is 8.42 Å². The molecule has 1 atom stereocenters. The lowest BCUT2D eigenvalue weighted by atomic mass is 10.1. The largest absolute Gasteiger partial charge is 0.457 e. The number of hydrogen-bond acceptors (Lipinski definition) is 4. The molecule has 0 aliphatic rings. The zero-order chi connectivity index (χ0) is 22.6. The molecule has 3 aromatic rings. The van der Waals surface area contributed by atoms with Crippen molar-refractivity contribution in [2.24, 2.45) is 0 Å². The number of para-hydroxylation sites is 1. The third kappa shape index (κ3) is 5.44. The van der Waals surface area contributed by atoms with E-state index in [4.69, 9.17) is 4.74 Å². The number of carbonyl (C=O) groups excluding carboxylic acids is 1. The van der Waals surface area contributed by atoms with Gasteiger partial charge in [0.05, 0.1) is 11.9 Å². The summed E-state index contributed by atoms with van der Waals surface area (Å²) in [6.07, 6.45) is 1.09. The van der Waals surface area contributed by atoms with Crippen LogP contribution in [-0.2, 0) is 14.8 Å². The first kappa shape index (κ1) is 22.4. The molecule has 3 rings (SSSR count). The molecule has 0 fully saturated rings. The summed E-state index contributed by atoms with van der Waals surface area (Å²) in [5, 5.41) is 2.85. The van der Waals surface area contributed by atoms with Crippen LogP contribution in [0.3, 0.4) is 0 Å². The minimum Gasteiger partial charge on any atom is -0.457 e. The van der Waals surface area contributed by atoms with Crippen LogP contribution in [0.25, 0.3) is 0 Å². The van der Waals surface area contributed by atoms with E-state index in [0.29, 0.717) is 22.9 Å². The molecule has 0 saturated carbocycles. The Morgan fingerprint density at radius 3 is 2.13 bits per heavy atom. The Hall–Kier alpha value is -3.32. The molecule has 0 bridgehead atoms. The number of hydrogen-bond donors (Lipinski definition) is 1. The van der Waals surface area contributed by atoms with Gasteiger partial charge >= 0.3 is 0 Å². The first-order valence-electron chi connectivity index (χ1n) is 9.86. The fourth-order valence-electron chi connectivity index (χ4n) is 3.22. The van der Waals surface area contributed by atoms with Crippen molar-refractivity contribution >= 4 is 27.3 Å². The van der Waals surface area contributed by atoms with Gasteiger partial charge < -0.3 is 10.1 Å². The van der Waals surface area contributed by atoms with Crippen molar-refractivity contribution < 1.29 is 17.9 Å². The maximum absolute atomic E-state index is 12.9. The Labute approximate surface area is 183 Å². The number of sulfonamides is 1. The summed E-state index contributed by atoms with van der Waals surface area (Å²) in [6, 6.07) is 20.5. The van der Waals surface area contributed by atoms with Gasteiger partial charge in [-0.15, -0.1) is 0 Å². The third-order valence-corrected chi connectivity index (χ3v) is 6.26. The van der Waals surface area contributed by atoms with Gasteiger partial charge in [-0.05, 0) is 74.4 Å². The molecule has 0 heterocycles. The fraction of sp³-hybridized carbons (Fsp3) is 0.208. The van der Waals surface area contributed by atoms with E-state index in [9.17, 15) is 13.2 Å². The average Bonchev–Trinajstić information content (AvgIpc) is 2.72. The fourth-order valence-corrected chi connectivity index (χ4v) is 4.39.